The van der Waals surface area contributed by atoms with Crippen LogP contribution in [0, 0.1) is 5.82 Å². The van der Waals surface area contributed by atoms with Crippen LogP contribution in [0.4, 0.5) is 4.39 Å². The summed E-state index contributed by atoms with van der Waals surface area (Å²) in [5.41, 5.74) is 2.00. The van der Waals surface area contributed by atoms with Crippen LogP contribution in [0.15, 0.2) is 36.5 Å². The zero-order valence-electron chi connectivity index (χ0n) is 13.0. The molecule has 0 saturated carbocycles. The van der Waals surface area contributed by atoms with Gasteiger partial charge in [-0.15, -0.1) is 0 Å². The third kappa shape index (κ3) is 4.39. The molecule has 0 aliphatic carbocycles. The summed E-state index contributed by atoms with van der Waals surface area (Å²) in [4.78, 5) is 0. The number of aromatic nitrogens is 2. The van der Waals surface area contributed by atoms with E-state index in [1.807, 2.05) is 23.0 Å². The molecule has 1 N–H and O–H groups in total. The number of benzene rings is 1. The van der Waals surface area contributed by atoms with Crippen LogP contribution in [0.2, 0.25) is 0 Å². The predicted molar refractivity (Wildman–Crippen MR) is 83.8 cm³/mol. The Bertz CT molecular complexity index is 563. The Balaban J connectivity index is 2.15. The van der Waals surface area contributed by atoms with E-state index in [1.165, 1.54) is 6.07 Å². The summed E-state index contributed by atoms with van der Waals surface area (Å²) in [6.07, 6.45) is 3.82. The lowest BCUT2D eigenvalue weighted by molar-refractivity contribution is 0.497. The molecule has 1 aromatic heterocycles. The van der Waals surface area contributed by atoms with Crippen molar-refractivity contribution < 1.29 is 4.39 Å². The molecule has 0 radical (unpaired) electrons. The number of hydrogen-bond donors (Lipinski definition) is 1. The lowest BCUT2D eigenvalue weighted by Gasteiger charge is -2.18. The van der Waals surface area contributed by atoms with Crippen LogP contribution in [0.5, 0.6) is 0 Å². The van der Waals surface area contributed by atoms with Gasteiger partial charge in [0.05, 0.1) is 5.69 Å². The lowest BCUT2D eigenvalue weighted by atomic mass is 10.0. The van der Waals surface area contributed by atoms with Gasteiger partial charge in [-0.1, -0.05) is 19.1 Å². The van der Waals surface area contributed by atoms with Crippen molar-refractivity contribution >= 4 is 0 Å². The lowest BCUT2D eigenvalue weighted by Crippen LogP contribution is -2.24. The van der Waals surface area contributed by atoms with Crippen LogP contribution in [0.25, 0.3) is 0 Å². The van der Waals surface area contributed by atoms with Crippen molar-refractivity contribution in [2.45, 2.75) is 45.7 Å². The molecule has 0 fully saturated rings. The quantitative estimate of drug-likeness (QED) is 0.838. The molecule has 0 spiro atoms. The maximum Gasteiger partial charge on any atom is 0.123 e. The Morgan fingerprint density at radius 1 is 1.29 bits per heavy atom. The summed E-state index contributed by atoms with van der Waals surface area (Å²) in [5.74, 6) is -0.191. The number of halogens is 1. The van der Waals surface area contributed by atoms with E-state index in [4.69, 9.17) is 0 Å². The molecule has 1 aromatic carbocycles. The minimum absolute atomic E-state index is 0.0937. The van der Waals surface area contributed by atoms with Gasteiger partial charge in [0.2, 0.25) is 0 Å². The maximum atomic E-state index is 13.5. The standard InChI is InChI=1S/C17H24FN3/c1-4-9-19-17(14-6-5-7-15(18)11-14)12-16-8-10-21(20-16)13(2)3/h5-8,10-11,13,17,19H,4,9,12H2,1-3H3. The molecule has 0 bridgehead atoms. The molecule has 0 aliphatic heterocycles. The molecule has 0 saturated heterocycles. The van der Waals surface area contributed by atoms with E-state index < -0.39 is 0 Å². The second-order valence-electron chi connectivity index (χ2n) is 5.65. The van der Waals surface area contributed by atoms with E-state index in [0.717, 1.165) is 30.6 Å². The summed E-state index contributed by atoms with van der Waals surface area (Å²) >= 11 is 0. The van der Waals surface area contributed by atoms with Crippen LogP contribution in [-0.4, -0.2) is 16.3 Å². The fourth-order valence-electron chi connectivity index (χ4n) is 2.33. The molecule has 4 heteroatoms. The molecule has 114 valence electrons. The highest BCUT2D eigenvalue weighted by Gasteiger charge is 2.14. The Labute approximate surface area is 126 Å². The summed E-state index contributed by atoms with van der Waals surface area (Å²) in [6, 6.07) is 9.31. The van der Waals surface area contributed by atoms with Crippen LogP contribution in [-0.2, 0) is 6.42 Å². The molecule has 1 heterocycles. The van der Waals surface area contributed by atoms with Gasteiger partial charge >= 0.3 is 0 Å². The minimum Gasteiger partial charge on any atom is -0.310 e. The van der Waals surface area contributed by atoms with Gasteiger partial charge in [-0.05, 0) is 50.6 Å². The number of rotatable bonds is 7. The molecule has 2 rings (SSSR count). The van der Waals surface area contributed by atoms with Gasteiger partial charge in [0.25, 0.3) is 0 Å². The van der Waals surface area contributed by atoms with Gasteiger partial charge in [-0.25, -0.2) is 4.39 Å². The van der Waals surface area contributed by atoms with E-state index in [9.17, 15) is 4.39 Å². The first-order valence-corrected chi connectivity index (χ1v) is 7.63. The third-order valence-electron chi connectivity index (χ3n) is 3.50. The third-order valence-corrected chi connectivity index (χ3v) is 3.50. The van der Waals surface area contributed by atoms with Gasteiger partial charge in [-0.2, -0.15) is 5.10 Å². The molecule has 1 atom stereocenters. The van der Waals surface area contributed by atoms with Gasteiger partial charge in [0.1, 0.15) is 5.82 Å². The van der Waals surface area contributed by atoms with Crippen LogP contribution in [0.1, 0.15) is 50.5 Å². The molecule has 2 aromatic rings. The first-order valence-electron chi connectivity index (χ1n) is 7.63. The highest BCUT2D eigenvalue weighted by Crippen LogP contribution is 2.19. The number of nitrogens with one attached hydrogen (secondary N) is 1. The van der Waals surface area contributed by atoms with Crippen LogP contribution in [0.3, 0.4) is 0 Å². The predicted octanol–water partition coefficient (Wildman–Crippen LogP) is 3.89. The van der Waals surface area contributed by atoms with E-state index >= 15 is 0 Å². The Hall–Kier alpha value is -1.68. The van der Waals surface area contributed by atoms with Crippen molar-refractivity contribution in [1.29, 1.82) is 0 Å². The first-order chi connectivity index (χ1) is 10.1. The Morgan fingerprint density at radius 3 is 2.71 bits per heavy atom. The number of hydrogen-bond acceptors (Lipinski definition) is 2. The summed E-state index contributed by atoms with van der Waals surface area (Å²) < 4.78 is 15.4. The fourth-order valence-corrected chi connectivity index (χ4v) is 2.33. The molecular formula is C17H24FN3. The maximum absolute atomic E-state index is 13.5. The van der Waals surface area contributed by atoms with Gasteiger partial charge in [-0.3, -0.25) is 4.68 Å². The molecular weight excluding hydrogens is 265 g/mol. The first kappa shape index (κ1) is 15.7. The van der Waals surface area contributed by atoms with Crippen molar-refractivity contribution in [3.05, 3.63) is 53.6 Å². The van der Waals surface area contributed by atoms with Gasteiger partial charge < -0.3 is 5.32 Å². The largest absolute Gasteiger partial charge is 0.310 e. The van der Waals surface area contributed by atoms with Crippen LogP contribution < -0.4 is 5.32 Å². The van der Waals surface area contributed by atoms with E-state index in [-0.39, 0.29) is 11.9 Å². The highest BCUT2D eigenvalue weighted by atomic mass is 19.1. The second kappa shape index (κ2) is 7.36. The zero-order chi connectivity index (χ0) is 15.2. The molecule has 3 nitrogen and oxygen atoms in total. The summed E-state index contributed by atoms with van der Waals surface area (Å²) in [5, 5.41) is 8.07. The van der Waals surface area contributed by atoms with Gasteiger partial charge in [0, 0.05) is 24.7 Å². The van der Waals surface area contributed by atoms with E-state index in [1.54, 1.807) is 12.1 Å². The average molecular weight is 289 g/mol. The second-order valence-corrected chi connectivity index (χ2v) is 5.65. The summed E-state index contributed by atoms with van der Waals surface area (Å²) in [7, 11) is 0. The topological polar surface area (TPSA) is 29.9 Å². The van der Waals surface area contributed by atoms with Crippen molar-refractivity contribution in [2.24, 2.45) is 0 Å². The molecule has 1 unspecified atom stereocenters. The average Bonchev–Trinajstić information content (AvgIpc) is 2.92. The molecule has 0 amide bonds. The van der Waals surface area contributed by atoms with Crippen LogP contribution >= 0.6 is 0 Å². The number of nitrogens with zero attached hydrogens (tertiary/aromatic N) is 2. The van der Waals surface area contributed by atoms with E-state index in [0.29, 0.717) is 6.04 Å². The monoisotopic (exact) mass is 289 g/mol. The molecule has 0 aliphatic rings. The van der Waals surface area contributed by atoms with Crippen molar-refractivity contribution in [1.82, 2.24) is 15.1 Å². The Morgan fingerprint density at radius 2 is 2.10 bits per heavy atom. The van der Waals surface area contributed by atoms with Crippen molar-refractivity contribution in [3.8, 4) is 0 Å². The Kier molecular flexibility index (Phi) is 5.51. The minimum atomic E-state index is -0.191. The van der Waals surface area contributed by atoms with Crippen molar-refractivity contribution in [3.63, 3.8) is 0 Å². The van der Waals surface area contributed by atoms with Crippen molar-refractivity contribution in [2.75, 3.05) is 6.54 Å². The highest BCUT2D eigenvalue weighted by molar-refractivity contribution is 5.22. The summed E-state index contributed by atoms with van der Waals surface area (Å²) in [6.45, 7) is 7.25. The smallest absolute Gasteiger partial charge is 0.123 e. The molecule has 21 heavy (non-hydrogen) atoms. The van der Waals surface area contributed by atoms with Gasteiger partial charge in [0.15, 0.2) is 0 Å². The zero-order valence-corrected chi connectivity index (χ0v) is 13.0. The normalized spacial score (nSPS) is 12.8. The van der Waals surface area contributed by atoms with E-state index in [2.05, 4.69) is 31.2 Å². The fraction of sp³-hybridized carbons (Fsp3) is 0.471. The SMILES string of the molecule is CCCNC(Cc1ccn(C(C)C)n1)c1cccc(F)c1.